The maximum absolute atomic E-state index is 13.8. The van der Waals surface area contributed by atoms with E-state index in [0.29, 0.717) is 57.8 Å². The van der Waals surface area contributed by atoms with Gasteiger partial charge in [-0.05, 0) is 132 Å². The van der Waals surface area contributed by atoms with E-state index in [2.05, 4.69) is 16.7 Å². The Kier molecular flexibility index (Phi) is 11.0. The highest BCUT2D eigenvalue weighted by Crippen LogP contribution is 2.27. The first-order valence-electron chi connectivity index (χ1n) is 16.7. The second-order valence-corrected chi connectivity index (χ2v) is 12.4. The molecule has 0 atom stereocenters. The minimum absolute atomic E-state index is 0.0834. The highest BCUT2D eigenvalue weighted by atomic mass is 19.1. The SMILES string of the molecule is COc1cccc(Cc2cc(C(=O)O)ccc2NC(=O)c2ccc(NC(=O)c3cccc(Cc4ccccc4C#N)c3)c(Cc3ccc(F)cc3)c2)c1. The fourth-order valence-corrected chi connectivity index (χ4v) is 6.04. The van der Waals surface area contributed by atoms with Crippen LogP contribution in [0.4, 0.5) is 15.8 Å². The molecule has 53 heavy (non-hydrogen) atoms. The molecule has 0 bridgehead atoms. The number of methoxy groups -OCH3 is 1. The van der Waals surface area contributed by atoms with Gasteiger partial charge in [-0.25, -0.2) is 9.18 Å². The van der Waals surface area contributed by atoms with Gasteiger partial charge in [-0.3, -0.25) is 9.59 Å². The molecular formula is C44H34FN3O5. The summed E-state index contributed by atoms with van der Waals surface area (Å²) in [4.78, 5) is 39.2. The minimum atomic E-state index is -1.09. The third-order valence-corrected chi connectivity index (χ3v) is 8.77. The molecule has 0 aromatic heterocycles. The van der Waals surface area contributed by atoms with E-state index in [9.17, 15) is 29.1 Å². The molecule has 8 nitrogen and oxygen atoms in total. The molecule has 0 aliphatic rings. The fraction of sp³-hybridized carbons (Fsp3) is 0.0909. The lowest BCUT2D eigenvalue weighted by Crippen LogP contribution is -2.17. The van der Waals surface area contributed by atoms with E-state index in [4.69, 9.17) is 4.74 Å². The highest BCUT2D eigenvalue weighted by Gasteiger charge is 2.17. The topological polar surface area (TPSA) is 129 Å². The number of nitriles is 1. The molecule has 6 rings (SSSR count). The van der Waals surface area contributed by atoms with Gasteiger partial charge in [0.05, 0.1) is 24.3 Å². The Morgan fingerprint density at radius 3 is 1.85 bits per heavy atom. The van der Waals surface area contributed by atoms with Gasteiger partial charge < -0.3 is 20.5 Å². The molecule has 0 aliphatic heterocycles. The van der Waals surface area contributed by atoms with Gasteiger partial charge in [0.15, 0.2) is 0 Å². The smallest absolute Gasteiger partial charge is 0.335 e. The molecule has 0 unspecified atom stereocenters. The van der Waals surface area contributed by atoms with Gasteiger partial charge in [0.25, 0.3) is 11.8 Å². The summed E-state index contributed by atoms with van der Waals surface area (Å²) >= 11 is 0. The number of ether oxygens (including phenoxy) is 1. The largest absolute Gasteiger partial charge is 0.497 e. The van der Waals surface area contributed by atoms with E-state index in [1.165, 1.54) is 24.3 Å². The first-order valence-corrected chi connectivity index (χ1v) is 16.7. The maximum Gasteiger partial charge on any atom is 0.335 e. The number of aromatic carboxylic acids is 1. The quantitative estimate of drug-likeness (QED) is 0.117. The van der Waals surface area contributed by atoms with Crippen molar-refractivity contribution in [2.24, 2.45) is 0 Å². The Morgan fingerprint density at radius 2 is 1.19 bits per heavy atom. The first-order chi connectivity index (χ1) is 25.7. The number of hydrogen-bond acceptors (Lipinski definition) is 5. The molecule has 2 amide bonds. The van der Waals surface area contributed by atoms with E-state index in [-0.39, 0.29) is 23.7 Å². The van der Waals surface area contributed by atoms with Crippen LogP contribution in [0.5, 0.6) is 5.75 Å². The Morgan fingerprint density at radius 1 is 0.623 bits per heavy atom. The van der Waals surface area contributed by atoms with Crippen LogP contribution in [-0.4, -0.2) is 30.0 Å². The number of nitrogens with zero attached hydrogens (tertiary/aromatic N) is 1. The van der Waals surface area contributed by atoms with Crippen molar-refractivity contribution >= 4 is 29.2 Å². The van der Waals surface area contributed by atoms with Crippen molar-refractivity contribution in [2.75, 3.05) is 17.7 Å². The molecule has 262 valence electrons. The van der Waals surface area contributed by atoms with Crippen LogP contribution in [0.25, 0.3) is 0 Å². The Balaban J connectivity index is 1.27. The second kappa shape index (κ2) is 16.3. The molecule has 0 fully saturated rings. The highest BCUT2D eigenvalue weighted by molar-refractivity contribution is 6.07. The summed E-state index contributed by atoms with van der Waals surface area (Å²) in [5.41, 5.74) is 6.85. The molecule has 0 spiro atoms. The van der Waals surface area contributed by atoms with E-state index in [1.807, 2.05) is 48.5 Å². The molecule has 0 aliphatic carbocycles. The standard InChI is InChI=1S/C44H34FN3O5/c1-53-39-11-5-7-30(24-39)23-37-26-34(44(51)52)15-19-41(37)48-43(50)33-14-18-40(36(25-33)20-28-12-16-38(45)17-13-28)47-42(49)32-10-4-6-29(22-32)21-31-8-2-3-9-35(31)27-46/h2-19,22,24-26H,20-21,23H2,1H3,(H,47,49)(H,48,50)(H,51,52). The number of amides is 2. The summed E-state index contributed by atoms with van der Waals surface area (Å²) in [7, 11) is 1.56. The summed E-state index contributed by atoms with van der Waals surface area (Å²) in [6.45, 7) is 0. The molecule has 0 heterocycles. The van der Waals surface area contributed by atoms with Crippen molar-refractivity contribution in [3.05, 3.63) is 195 Å². The van der Waals surface area contributed by atoms with E-state index in [0.717, 1.165) is 22.3 Å². The predicted octanol–water partition coefficient (Wildman–Crippen LogP) is 8.68. The number of carbonyl (C=O) groups is 3. The van der Waals surface area contributed by atoms with Crippen molar-refractivity contribution < 1.29 is 28.6 Å². The van der Waals surface area contributed by atoms with Crippen molar-refractivity contribution in [1.29, 1.82) is 5.26 Å². The lowest BCUT2D eigenvalue weighted by molar-refractivity contribution is 0.0696. The van der Waals surface area contributed by atoms with Crippen molar-refractivity contribution in [3.63, 3.8) is 0 Å². The maximum atomic E-state index is 13.8. The zero-order chi connectivity index (χ0) is 37.3. The zero-order valence-corrected chi connectivity index (χ0v) is 28.7. The van der Waals surface area contributed by atoms with Crippen molar-refractivity contribution in [1.82, 2.24) is 0 Å². The van der Waals surface area contributed by atoms with Crippen LogP contribution >= 0.6 is 0 Å². The van der Waals surface area contributed by atoms with Crippen LogP contribution in [0.2, 0.25) is 0 Å². The molecule has 0 saturated heterocycles. The molecule has 9 heteroatoms. The van der Waals surface area contributed by atoms with Crippen LogP contribution < -0.4 is 15.4 Å². The number of halogens is 1. The lowest BCUT2D eigenvalue weighted by atomic mass is 9.98. The third kappa shape index (κ3) is 9.01. The van der Waals surface area contributed by atoms with Gasteiger partial charge in [0.2, 0.25) is 0 Å². The number of hydrogen-bond donors (Lipinski definition) is 3. The Hall–Kier alpha value is -7.05. The molecular weight excluding hydrogens is 669 g/mol. The monoisotopic (exact) mass is 703 g/mol. The van der Waals surface area contributed by atoms with Crippen LogP contribution in [0.1, 0.15) is 70.0 Å². The van der Waals surface area contributed by atoms with Gasteiger partial charge in [-0.15, -0.1) is 0 Å². The van der Waals surface area contributed by atoms with Gasteiger partial charge in [-0.1, -0.05) is 54.6 Å². The number of anilines is 2. The minimum Gasteiger partial charge on any atom is -0.497 e. The predicted molar refractivity (Wildman–Crippen MR) is 201 cm³/mol. The molecule has 0 saturated carbocycles. The van der Waals surface area contributed by atoms with Crippen molar-refractivity contribution in [3.8, 4) is 11.8 Å². The number of benzene rings is 6. The van der Waals surface area contributed by atoms with Crippen LogP contribution in [0, 0.1) is 17.1 Å². The average molecular weight is 704 g/mol. The Labute approximate surface area is 306 Å². The lowest BCUT2D eigenvalue weighted by Gasteiger charge is -2.16. The summed E-state index contributed by atoms with van der Waals surface area (Å²) in [5, 5.41) is 25.1. The van der Waals surface area contributed by atoms with Crippen LogP contribution in [0.3, 0.4) is 0 Å². The molecule has 0 radical (unpaired) electrons. The van der Waals surface area contributed by atoms with E-state index < -0.39 is 11.9 Å². The number of carboxylic acids is 1. The van der Waals surface area contributed by atoms with Gasteiger partial charge in [-0.2, -0.15) is 5.26 Å². The van der Waals surface area contributed by atoms with Gasteiger partial charge >= 0.3 is 5.97 Å². The summed E-state index contributed by atoms with van der Waals surface area (Å²) < 4.78 is 19.1. The van der Waals surface area contributed by atoms with E-state index >= 15 is 0 Å². The van der Waals surface area contributed by atoms with Crippen molar-refractivity contribution in [2.45, 2.75) is 19.3 Å². The Bertz CT molecular complexity index is 2370. The number of nitrogens with one attached hydrogen (secondary N) is 2. The summed E-state index contributed by atoms with van der Waals surface area (Å²) in [6, 6.07) is 39.5. The molecule has 3 N–H and O–H groups in total. The van der Waals surface area contributed by atoms with Crippen LogP contribution in [0.15, 0.2) is 133 Å². The van der Waals surface area contributed by atoms with Gasteiger partial charge in [0.1, 0.15) is 11.6 Å². The summed E-state index contributed by atoms with van der Waals surface area (Å²) in [6.07, 6.45) is 1.10. The number of carbonyl (C=O) groups excluding carboxylic acids is 2. The fourth-order valence-electron chi connectivity index (χ4n) is 6.04. The number of carboxylic acid groups (broad SMARTS) is 1. The average Bonchev–Trinajstić information content (AvgIpc) is 3.17. The summed E-state index contributed by atoms with van der Waals surface area (Å²) in [5.74, 6) is -1.63. The molecule has 6 aromatic rings. The third-order valence-electron chi connectivity index (χ3n) is 8.77. The second-order valence-electron chi connectivity index (χ2n) is 12.4. The zero-order valence-electron chi connectivity index (χ0n) is 28.7. The molecule has 6 aromatic carbocycles. The first kappa shape index (κ1) is 35.8. The normalized spacial score (nSPS) is 10.6. The number of rotatable bonds is 12. The van der Waals surface area contributed by atoms with Crippen LogP contribution in [-0.2, 0) is 19.3 Å². The van der Waals surface area contributed by atoms with E-state index in [1.54, 1.807) is 67.8 Å². The van der Waals surface area contributed by atoms with Gasteiger partial charge in [0, 0.05) is 22.5 Å².